The number of hydrogen-bond donors (Lipinski definition) is 1. The van der Waals surface area contributed by atoms with Crippen molar-refractivity contribution in [1.82, 2.24) is 5.32 Å². The summed E-state index contributed by atoms with van der Waals surface area (Å²) in [6, 6.07) is 10.5. The number of amides is 2. The highest BCUT2D eigenvalue weighted by Gasteiger charge is 2.32. The van der Waals surface area contributed by atoms with E-state index in [4.69, 9.17) is 9.15 Å². The Kier molecular flexibility index (Phi) is 3.35. The molecule has 0 radical (unpaired) electrons. The molecule has 1 aromatic heterocycles. The number of likely N-dealkylation sites (N-methyl/N-ethyl adjacent to an activating group) is 1. The van der Waals surface area contributed by atoms with Crippen molar-refractivity contribution in [1.29, 1.82) is 0 Å². The summed E-state index contributed by atoms with van der Waals surface area (Å²) in [6.07, 6.45) is 0.671. The fourth-order valence-corrected chi connectivity index (χ4v) is 2.18. The number of nitrogens with zero attached hydrogens (tertiary/aromatic N) is 1. The van der Waals surface area contributed by atoms with Gasteiger partial charge in [-0.3, -0.25) is 9.59 Å². The Hall–Kier alpha value is -2.76. The molecular formula is C15H14N2O4. The lowest BCUT2D eigenvalue weighted by molar-refractivity contribution is -0.125. The Morgan fingerprint density at radius 3 is 2.86 bits per heavy atom. The average Bonchev–Trinajstić information content (AvgIpc) is 3.03. The van der Waals surface area contributed by atoms with Crippen molar-refractivity contribution in [3.8, 4) is 5.75 Å². The van der Waals surface area contributed by atoms with Crippen molar-refractivity contribution >= 4 is 17.5 Å². The molecule has 1 aliphatic heterocycles. The van der Waals surface area contributed by atoms with E-state index in [1.165, 1.54) is 11.2 Å². The van der Waals surface area contributed by atoms with Crippen LogP contribution in [-0.2, 0) is 4.79 Å². The predicted molar refractivity (Wildman–Crippen MR) is 75.3 cm³/mol. The second-order valence-corrected chi connectivity index (χ2v) is 4.66. The number of fused-ring (bicyclic) bond motifs is 1. The first kappa shape index (κ1) is 13.2. The van der Waals surface area contributed by atoms with E-state index < -0.39 is 6.10 Å². The highest BCUT2D eigenvalue weighted by atomic mass is 16.5. The molecule has 3 rings (SSSR count). The fourth-order valence-electron chi connectivity index (χ4n) is 2.18. The number of para-hydroxylation sites is 2. The maximum Gasteiger partial charge on any atom is 0.287 e. The molecule has 108 valence electrons. The molecule has 0 saturated carbocycles. The lowest BCUT2D eigenvalue weighted by Gasteiger charge is -2.31. The summed E-state index contributed by atoms with van der Waals surface area (Å²) >= 11 is 0. The highest BCUT2D eigenvalue weighted by molar-refractivity contribution is 6.00. The maximum atomic E-state index is 12.2. The molecule has 1 aliphatic rings. The number of hydrogen-bond acceptors (Lipinski definition) is 4. The van der Waals surface area contributed by atoms with Gasteiger partial charge in [-0.2, -0.15) is 0 Å². The molecule has 6 heteroatoms. The number of ether oxygens (including phenoxy) is 1. The van der Waals surface area contributed by atoms with Crippen LogP contribution in [0.4, 0.5) is 5.69 Å². The van der Waals surface area contributed by atoms with E-state index in [-0.39, 0.29) is 24.1 Å². The van der Waals surface area contributed by atoms with Crippen molar-refractivity contribution in [2.75, 3.05) is 18.5 Å². The van der Waals surface area contributed by atoms with Crippen LogP contribution in [0.5, 0.6) is 5.75 Å². The first-order valence-corrected chi connectivity index (χ1v) is 6.52. The molecule has 0 saturated heterocycles. The Balaban J connectivity index is 1.70. The molecule has 1 aromatic carbocycles. The quantitative estimate of drug-likeness (QED) is 0.926. The van der Waals surface area contributed by atoms with Crippen molar-refractivity contribution < 1.29 is 18.7 Å². The van der Waals surface area contributed by atoms with Gasteiger partial charge in [-0.25, -0.2) is 0 Å². The van der Waals surface area contributed by atoms with Crippen LogP contribution in [0.25, 0.3) is 0 Å². The third kappa shape index (κ3) is 2.47. The Bertz CT molecular complexity index is 666. The zero-order chi connectivity index (χ0) is 14.8. The lowest BCUT2D eigenvalue weighted by atomic mass is 10.2. The van der Waals surface area contributed by atoms with Crippen molar-refractivity contribution in [2.24, 2.45) is 0 Å². The van der Waals surface area contributed by atoms with Crippen molar-refractivity contribution in [3.63, 3.8) is 0 Å². The van der Waals surface area contributed by atoms with Crippen LogP contribution in [0.2, 0.25) is 0 Å². The van der Waals surface area contributed by atoms with Crippen LogP contribution in [0.1, 0.15) is 10.6 Å². The number of furan rings is 1. The van der Waals surface area contributed by atoms with E-state index in [2.05, 4.69) is 5.32 Å². The number of benzene rings is 1. The van der Waals surface area contributed by atoms with E-state index in [1.807, 2.05) is 18.2 Å². The summed E-state index contributed by atoms with van der Waals surface area (Å²) in [7, 11) is 1.69. The first-order valence-electron chi connectivity index (χ1n) is 6.52. The Morgan fingerprint density at radius 2 is 2.10 bits per heavy atom. The summed E-state index contributed by atoms with van der Waals surface area (Å²) in [5.41, 5.74) is 0.719. The molecule has 0 bridgehead atoms. The summed E-state index contributed by atoms with van der Waals surface area (Å²) in [4.78, 5) is 25.5. The second-order valence-electron chi connectivity index (χ2n) is 4.66. The minimum atomic E-state index is -0.746. The van der Waals surface area contributed by atoms with Gasteiger partial charge in [-0.15, -0.1) is 0 Å². The molecular weight excluding hydrogens is 272 g/mol. The molecule has 6 nitrogen and oxygen atoms in total. The number of rotatable bonds is 3. The number of carbonyl (C=O) groups excluding carboxylic acids is 2. The minimum Gasteiger partial charge on any atom is -0.477 e. The Labute approximate surface area is 121 Å². The van der Waals surface area contributed by atoms with E-state index in [0.29, 0.717) is 5.75 Å². The first-order chi connectivity index (χ1) is 10.2. The van der Waals surface area contributed by atoms with E-state index in [9.17, 15) is 9.59 Å². The van der Waals surface area contributed by atoms with Crippen LogP contribution < -0.4 is 15.0 Å². The van der Waals surface area contributed by atoms with Gasteiger partial charge in [0.2, 0.25) is 0 Å². The van der Waals surface area contributed by atoms with Crippen LogP contribution in [0.3, 0.4) is 0 Å². The minimum absolute atomic E-state index is 0.0804. The second kappa shape index (κ2) is 5.32. The fraction of sp³-hybridized carbons (Fsp3) is 0.200. The number of nitrogens with one attached hydrogen (secondary N) is 1. The molecule has 1 atom stereocenters. The third-order valence-corrected chi connectivity index (χ3v) is 3.29. The number of carbonyl (C=O) groups is 2. The van der Waals surface area contributed by atoms with Gasteiger partial charge in [0.1, 0.15) is 5.75 Å². The van der Waals surface area contributed by atoms with E-state index in [0.717, 1.165) is 5.69 Å². The van der Waals surface area contributed by atoms with Crippen LogP contribution in [0.15, 0.2) is 47.1 Å². The molecule has 2 heterocycles. The van der Waals surface area contributed by atoms with E-state index in [1.54, 1.807) is 25.2 Å². The van der Waals surface area contributed by atoms with Gasteiger partial charge in [-0.1, -0.05) is 12.1 Å². The lowest BCUT2D eigenvalue weighted by Crippen LogP contribution is -2.49. The molecule has 21 heavy (non-hydrogen) atoms. The number of anilines is 1. The van der Waals surface area contributed by atoms with Crippen LogP contribution in [-0.4, -0.2) is 31.5 Å². The standard InChI is InChI=1S/C15H14N2O4/c1-17-10-5-2-3-6-11(10)21-13(15(17)19)9-16-14(18)12-7-4-8-20-12/h2-8,13H,9H2,1H3,(H,16,18). The molecule has 2 amide bonds. The topological polar surface area (TPSA) is 71.8 Å². The molecule has 0 aliphatic carbocycles. The van der Waals surface area contributed by atoms with Crippen LogP contribution in [0, 0.1) is 0 Å². The van der Waals surface area contributed by atoms with Crippen molar-refractivity contribution in [2.45, 2.75) is 6.10 Å². The highest BCUT2D eigenvalue weighted by Crippen LogP contribution is 2.32. The van der Waals surface area contributed by atoms with Gasteiger partial charge in [0.25, 0.3) is 11.8 Å². The molecule has 1 N–H and O–H groups in total. The summed E-state index contributed by atoms with van der Waals surface area (Å²) in [5, 5.41) is 2.63. The van der Waals surface area contributed by atoms with Gasteiger partial charge < -0.3 is 19.4 Å². The van der Waals surface area contributed by atoms with Gasteiger partial charge in [0.15, 0.2) is 11.9 Å². The van der Waals surface area contributed by atoms with Crippen molar-refractivity contribution in [3.05, 3.63) is 48.4 Å². The normalized spacial score (nSPS) is 17.1. The zero-order valence-electron chi connectivity index (χ0n) is 11.4. The molecule has 2 aromatic rings. The SMILES string of the molecule is CN1C(=O)C(CNC(=O)c2ccco2)Oc2ccccc21. The Morgan fingerprint density at radius 1 is 1.29 bits per heavy atom. The average molecular weight is 286 g/mol. The molecule has 0 spiro atoms. The summed E-state index contributed by atoms with van der Waals surface area (Å²) in [6.45, 7) is 0.0804. The summed E-state index contributed by atoms with van der Waals surface area (Å²) < 4.78 is 10.6. The predicted octanol–water partition coefficient (Wildman–Crippen LogP) is 1.43. The smallest absolute Gasteiger partial charge is 0.287 e. The van der Waals surface area contributed by atoms with Gasteiger partial charge in [0.05, 0.1) is 18.5 Å². The third-order valence-electron chi connectivity index (χ3n) is 3.29. The molecule has 0 fully saturated rings. The molecule has 1 unspecified atom stereocenters. The maximum absolute atomic E-state index is 12.2. The van der Waals surface area contributed by atoms with Gasteiger partial charge in [-0.05, 0) is 24.3 Å². The largest absolute Gasteiger partial charge is 0.477 e. The monoisotopic (exact) mass is 286 g/mol. The van der Waals surface area contributed by atoms with E-state index >= 15 is 0 Å². The van der Waals surface area contributed by atoms with Crippen LogP contribution >= 0.6 is 0 Å². The summed E-state index contributed by atoms with van der Waals surface area (Å²) in [5.74, 6) is 0.246. The zero-order valence-corrected chi connectivity index (χ0v) is 11.4. The van der Waals surface area contributed by atoms with Gasteiger partial charge in [0, 0.05) is 7.05 Å². The van der Waals surface area contributed by atoms with Gasteiger partial charge >= 0.3 is 0 Å².